The number of rotatable bonds is 14. The second-order valence-corrected chi connectivity index (χ2v) is 5.19. The van der Waals surface area contributed by atoms with E-state index >= 15 is 0 Å². The fourth-order valence-corrected chi connectivity index (χ4v) is 2.01. The highest BCUT2D eigenvalue weighted by molar-refractivity contribution is 5.69. The van der Waals surface area contributed by atoms with Crippen LogP contribution in [0.2, 0.25) is 0 Å². The molecule has 2 nitrogen and oxygen atoms in total. The minimum Gasteiger partial charge on any atom is -0.466 e. The van der Waals surface area contributed by atoms with Crippen LogP contribution in [0.3, 0.4) is 0 Å². The van der Waals surface area contributed by atoms with Gasteiger partial charge in [0.05, 0.1) is 6.61 Å². The number of carbonyl (C=O) groups is 1. The van der Waals surface area contributed by atoms with E-state index in [1.165, 1.54) is 25.7 Å². The summed E-state index contributed by atoms with van der Waals surface area (Å²) < 4.78 is 5.20. The molecule has 0 fully saturated rings. The van der Waals surface area contributed by atoms with Crippen LogP contribution in [0, 0.1) is 0 Å². The maximum Gasteiger partial charge on any atom is 0.305 e. The van der Waals surface area contributed by atoms with Crippen LogP contribution in [0.15, 0.2) is 24.8 Å². The maximum absolute atomic E-state index is 11.5. The Balaban J connectivity index is 3.20. The summed E-state index contributed by atoms with van der Waals surface area (Å²) in [5.41, 5.74) is 0. The van der Waals surface area contributed by atoms with Crippen LogP contribution in [0.1, 0.15) is 77.6 Å². The Kier molecular flexibility index (Phi) is 15.2. The molecule has 0 spiro atoms. The number of carbonyl (C=O) groups excluding carboxylic acids is 1. The molecule has 0 atom stereocenters. The fourth-order valence-electron chi connectivity index (χ4n) is 2.01. The first-order valence-electron chi connectivity index (χ1n) is 8.22. The van der Waals surface area contributed by atoms with Crippen molar-refractivity contribution in [3.63, 3.8) is 0 Å². The minimum absolute atomic E-state index is 0.0314. The summed E-state index contributed by atoms with van der Waals surface area (Å²) in [6, 6.07) is 0. The van der Waals surface area contributed by atoms with Gasteiger partial charge in [0.1, 0.15) is 0 Å². The Labute approximate surface area is 125 Å². The number of ether oxygens (including phenoxy) is 1. The van der Waals surface area contributed by atoms with Crippen LogP contribution < -0.4 is 0 Å². The van der Waals surface area contributed by atoms with Crippen LogP contribution in [0.5, 0.6) is 0 Å². The fraction of sp³-hybridized carbons (Fsp3) is 0.722. The van der Waals surface area contributed by atoms with E-state index in [1.54, 1.807) is 0 Å². The van der Waals surface area contributed by atoms with Gasteiger partial charge in [-0.25, -0.2) is 0 Å². The van der Waals surface area contributed by atoms with Gasteiger partial charge in [0.15, 0.2) is 0 Å². The number of unbranched alkanes of at least 4 members (excludes halogenated alkanes) is 7. The third-order valence-corrected chi connectivity index (χ3v) is 3.22. The van der Waals surface area contributed by atoms with Crippen molar-refractivity contribution in [2.75, 3.05) is 6.61 Å². The first-order chi connectivity index (χ1) is 9.81. The van der Waals surface area contributed by atoms with Gasteiger partial charge in [-0.1, -0.05) is 50.8 Å². The van der Waals surface area contributed by atoms with E-state index < -0.39 is 0 Å². The Bertz CT molecular complexity index is 256. The lowest BCUT2D eigenvalue weighted by molar-refractivity contribution is -0.143. The summed E-state index contributed by atoms with van der Waals surface area (Å²) in [4.78, 5) is 11.5. The van der Waals surface area contributed by atoms with Gasteiger partial charge in [0, 0.05) is 6.42 Å². The topological polar surface area (TPSA) is 26.3 Å². The van der Waals surface area contributed by atoms with E-state index in [0.717, 1.165) is 38.5 Å². The lowest BCUT2D eigenvalue weighted by Gasteiger charge is -2.04. The van der Waals surface area contributed by atoms with E-state index in [1.807, 2.05) is 6.08 Å². The maximum atomic E-state index is 11.5. The molecule has 0 heterocycles. The Morgan fingerprint density at radius 3 is 2.35 bits per heavy atom. The van der Waals surface area contributed by atoms with Crippen molar-refractivity contribution in [2.45, 2.75) is 77.6 Å². The average molecular weight is 280 g/mol. The molecule has 0 aromatic rings. The Morgan fingerprint density at radius 1 is 0.950 bits per heavy atom. The summed E-state index contributed by atoms with van der Waals surface area (Å²) in [5.74, 6) is -0.0314. The quantitative estimate of drug-likeness (QED) is 0.236. The summed E-state index contributed by atoms with van der Waals surface area (Å²) >= 11 is 0. The average Bonchev–Trinajstić information content (AvgIpc) is 2.45. The molecule has 0 saturated carbocycles. The summed E-state index contributed by atoms with van der Waals surface area (Å²) in [7, 11) is 0. The van der Waals surface area contributed by atoms with Gasteiger partial charge in [-0.3, -0.25) is 4.79 Å². The smallest absolute Gasteiger partial charge is 0.305 e. The van der Waals surface area contributed by atoms with Gasteiger partial charge < -0.3 is 4.74 Å². The van der Waals surface area contributed by atoms with E-state index in [-0.39, 0.29) is 5.97 Å². The normalized spacial score (nSPS) is 10.8. The molecule has 2 heteroatoms. The molecule has 0 aliphatic rings. The van der Waals surface area contributed by atoms with Crippen molar-refractivity contribution in [1.82, 2.24) is 0 Å². The van der Waals surface area contributed by atoms with Crippen molar-refractivity contribution >= 4 is 5.97 Å². The lowest BCUT2D eigenvalue weighted by Crippen LogP contribution is -2.05. The molecule has 0 rings (SSSR count). The van der Waals surface area contributed by atoms with Crippen LogP contribution in [0.25, 0.3) is 0 Å². The highest BCUT2D eigenvalue weighted by Crippen LogP contribution is 2.09. The zero-order valence-electron chi connectivity index (χ0n) is 13.2. The molecule has 0 aliphatic heterocycles. The molecule has 0 radical (unpaired) electrons. The van der Waals surface area contributed by atoms with Crippen LogP contribution >= 0.6 is 0 Å². The SMILES string of the molecule is C=CCCCCCCCCC(=O)OCCC/C=C\CC. The Morgan fingerprint density at radius 2 is 1.65 bits per heavy atom. The van der Waals surface area contributed by atoms with E-state index in [0.29, 0.717) is 13.0 Å². The summed E-state index contributed by atoms with van der Waals surface area (Å²) in [6.07, 6.45) is 18.1. The molecule has 0 amide bonds. The molecule has 0 N–H and O–H groups in total. The minimum atomic E-state index is -0.0314. The van der Waals surface area contributed by atoms with Crippen molar-refractivity contribution in [1.29, 1.82) is 0 Å². The van der Waals surface area contributed by atoms with Gasteiger partial charge in [0.2, 0.25) is 0 Å². The predicted molar refractivity (Wildman–Crippen MR) is 86.8 cm³/mol. The first-order valence-corrected chi connectivity index (χ1v) is 8.22. The first kappa shape index (κ1) is 18.9. The van der Waals surface area contributed by atoms with Gasteiger partial charge in [-0.05, 0) is 38.5 Å². The largest absolute Gasteiger partial charge is 0.466 e. The van der Waals surface area contributed by atoms with Crippen LogP contribution in [0.4, 0.5) is 0 Å². The summed E-state index contributed by atoms with van der Waals surface area (Å²) in [5, 5.41) is 0. The second-order valence-electron chi connectivity index (χ2n) is 5.19. The zero-order valence-corrected chi connectivity index (χ0v) is 13.2. The monoisotopic (exact) mass is 280 g/mol. The standard InChI is InChI=1S/C18H32O2/c1-3-5-7-9-10-11-12-14-16-18(19)20-17-15-13-8-6-4-2/h3,6,8H,1,4-5,7,9-17H2,2H3/b8-6-. The number of allylic oxidation sites excluding steroid dienone is 3. The van der Waals surface area contributed by atoms with Gasteiger partial charge in [-0.2, -0.15) is 0 Å². The molecule has 0 saturated heterocycles. The molecule has 116 valence electrons. The van der Waals surface area contributed by atoms with Crippen LogP contribution in [-0.4, -0.2) is 12.6 Å². The van der Waals surface area contributed by atoms with Gasteiger partial charge in [-0.15, -0.1) is 6.58 Å². The number of hydrogen-bond donors (Lipinski definition) is 0. The molecule has 0 bridgehead atoms. The Hall–Kier alpha value is -1.05. The van der Waals surface area contributed by atoms with Gasteiger partial charge >= 0.3 is 5.97 Å². The molecular formula is C18H32O2. The molecule has 0 unspecified atom stereocenters. The number of esters is 1. The molecular weight excluding hydrogens is 248 g/mol. The van der Waals surface area contributed by atoms with Crippen molar-refractivity contribution in [2.24, 2.45) is 0 Å². The van der Waals surface area contributed by atoms with E-state index in [9.17, 15) is 4.79 Å². The summed E-state index contributed by atoms with van der Waals surface area (Å²) in [6.45, 7) is 6.40. The van der Waals surface area contributed by atoms with E-state index in [2.05, 4.69) is 25.7 Å². The van der Waals surface area contributed by atoms with Crippen molar-refractivity contribution in [3.05, 3.63) is 24.8 Å². The van der Waals surface area contributed by atoms with Crippen LogP contribution in [-0.2, 0) is 9.53 Å². The van der Waals surface area contributed by atoms with E-state index in [4.69, 9.17) is 4.74 Å². The molecule has 0 aromatic carbocycles. The highest BCUT2D eigenvalue weighted by Gasteiger charge is 2.01. The molecule has 0 aliphatic carbocycles. The lowest BCUT2D eigenvalue weighted by atomic mass is 10.1. The predicted octanol–water partition coefficient (Wildman–Crippen LogP) is 5.58. The van der Waals surface area contributed by atoms with Crippen molar-refractivity contribution < 1.29 is 9.53 Å². The van der Waals surface area contributed by atoms with Gasteiger partial charge in [0.25, 0.3) is 0 Å². The third-order valence-electron chi connectivity index (χ3n) is 3.22. The third kappa shape index (κ3) is 15.0. The second kappa shape index (κ2) is 16.0. The molecule has 0 aromatic heterocycles. The zero-order chi connectivity index (χ0) is 14.9. The highest BCUT2D eigenvalue weighted by atomic mass is 16.5. The molecule has 20 heavy (non-hydrogen) atoms. The number of hydrogen-bond acceptors (Lipinski definition) is 2. The van der Waals surface area contributed by atoms with Crippen molar-refractivity contribution in [3.8, 4) is 0 Å².